The van der Waals surface area contributed by atoms with Gasteiger partial charge in [0.2, 0.25) is 5.91 Å². The van der Waals surface area contributed by atoms with Crippen molar-refractivity contribution in [3.63, 3.8) is 0 Å². The van der Waals surface area contributed by atoms with E-state index in [1.54, 1.807) is 36.4 Å². The molecule has 0 aliphatic carbocycles. The van der Waals surface area contributed by atoms with Crippen LogP contribution in [-0.2, 0) is 11.3 Å². The number of fused-ring (bicyclic) bond motifs is 1. The minimum atomic E-state index is -0.494. The fourth-order valence-corrected chi connectivity index (χ4v) is 3.85. The van der Waals surface area contributed by atoms with E-state index in [0.717, 1.165) is 11.6 Å². The van der Waals surface area contributed by atoms with Crippen LogP contribution in [0.2, 0.25) is 10.0 Å². The Morgan fingerprint density at radius 3 is 2.49 bits per heavy atom. The fourth-order valence-electron chi connectivity index (χ4n) is 3.51. The first-order valence-electron chi connectivity index (χ1n) is 10.4. The summed E-state index contributed by atoms with van der Waals surface area (Å²) >= 11 is 12.0. The maximum Gasteiger partial charge on any atom is 0.255 e. The van der Waals surface area contributed by atoms with Crippen LogP contribution in [-0.4, -0.2) is 17.7 Å². The van der Waals surface area contributed by atoms with Crippen molar-refractivity contribution in [1.29, 1.82) is 0 Å². The predicted octanol–water partition coefficient (Wildman–Crippen LogP) is 4.62. The van der Waals surface area contributed by atoms with Crippen molar-refractivity contribution in [2.24, 2.45) is 0 Å². The molecule has 7 nitrogen and oxygen atoms in total. The molecule has 0 aromatic heterocycles. The molecule has 0 fully saturated rings. The van der Waals surface area contributed by atoms with Crippen LogP contribution in [0.1, 0.15) is 37.9 Å². The zero-order chi connectivity index (χ0) is 25.1. The molecule has 0 bridgehead atoms. The van der Waals surface area contributed by atoms with Crippen molar-refractivity contribution >= 4 is 52.3 Å². The van der Waals surface area contributed by atoms with Crippen LogP contribution in [0.15, 0.2) is 66.7 Å². The lowest BCUT2D eigenvalue weighted by atomic mass is 10.0. The Bertz CT molecular complexity index is 1360. The van der Waals surface area contributed by atoms with Crippen molar-refractivity contribution in [2.75, 3.05) is 11.1 Å². The number of hydrogen-bond donors (Lipinski definition) is 4. The van der Waals surface area contributed by atoms with Gasteiger partial charge >= 0.3 is 0 Å². The van der Waals surface area contributed by atoms with Crippen molar-refractivity contribution in [1.82, 2.24) is 10.6 Å². The number of halogens is 3. The fraction of sp³-hybridized carbons (Fsp3) is 0.0800. The van der Waals surface area contributed by atoms with Crippen molar-refractivity contribution in [2.45, 2.75) is 12.6 Å². The molecule has 4 rings (SSSR count). The molecule has 1 heterocycles. The van der Waals surface area contributed by atoms with Gasteiger partial charge < -0.3 is 21.7 Å². The molecule has 0 spiro atoms. The van der Waals surface area contributed by atoms with E-state index in [0.29, 0.717) is 27.4 Å². The molecule has 0 saturated heterocycles. The minimum Gasteiger partial charge on any atom is -0.397 e. The van der Waals surface area contributed by atoms with Crippen LogP contribution >= 0.6 is 23.2 Å². The van der Waals surface area contributed by atoms with Crippen LogP contribution in [0, 0.1) is 5.82 Å². The highest BCUT2D eigenvalue weighted by Crippen LogP contribution is 2.33. The summed E-state index contributed by atoms with van der Waals surface area (Å²) < 4.78 is 13.2. The highest BCUT2D eigenvalue weighted by Gasteiger charge is 2.28. The van der Waals surface area contributed by atoms with Crippen molar-refractivity contribution < 1.29 is 18.8 Å². The summed E-state index contributed by atoms with van der Waals surface area (Å²) in [6, 6.07) is 12.9. The third kappa shape index (κ3) is 5.62. The Morgan fingerprint density at radius 2 is 1.77 bits per heavy atom. The van der Waals surface area contributed by atoms with Gasteiger partial charge in [-0.15, -0.1) is 0 Å². The van der Waals surface area contributed by atoms with E-state index in [9.17, 15) is 18.8 Å². The Morgan fingerprint density at radius 1 is 1.06 bits per heavy atom. The van der Waals surface area contributed by atoms with Crippen LogP contribution in [0.4, 0.5) is 15.8 Å². The lowest BCUT2D eigenvalue weighted by Crippen LogP contribution is -2.22. The smallest absolute Gasteiger partial charge is 0.255 e. The zero-order valence-electron chi connectivity index (χ0n) is 18.1. The Labute approximate surface area is 210 Å². The molecule has 3 amide bonds. The number of rotatable bonds is 6. The molecule has 1 aliphatic heterocycles. The summed E-state index contributed by atoms with van der Waals surface area (Å²) in [5.41, 5.74) is 8.35. The van der Waals surface area contributed by atoms with Gasteiger partial charge in [0.05, 0.1) is 27.5 Å². The van der Waals surface area contributed by atoms with Gasteiger partial charge in [-0.3, -0.25) is 14.4 Å². The largest absolute Gasteiger partial charge is 0.397 e. The van der Waals surface area contributed by atoms with E-state index in [1.165, 1.54) is 24.3 Å². The standard InChI is InChI=1S/C25H19Cl2FN4O3/c26-18-10-16-17(11-19(18)27)25(35)31-21(16)7-8-23(33)30-12-13-1-3-14(4-2-13)24(34)32-22-6-5-15(28)9-20(22)29/h1-11,21H,12,29H2,(H,30,33)(H,31,35)(H,32,34). The summed E-state index contributed by atoms with van der Waals surface area (Å²) in [6.07, 6.45) is 2.90. The van der Waals surface area contributed by atoms with E-state index >= 15 is 0 Å². The quantitative estimate of drug-likeness (QED) is 0.285. The average molecular weight is 513 g/mol. The Kier molecular flexibility index (Phi) is 7.04. The molecule has 3 aromatic rings. The van der Waals surface area contributed by atoms with Gasteiger partial charge in [0.15, 0.2) is 0 Å². The Hall–Kier alpha value is -3.88. The molecule has 35 heavy (non-hydrogen) atoms. The summed E-state index contributed by atoms with van der Waals surface area (Å²) in [5.74, 6) is -1.54. The maximum absolute atomic E-state index is 13.2. The number of carbonyl (C=O) groups excluding carboxylic acids is 3. The molecule has 1 aliphatic rings. The van der Waals surface area contributed by atoms with Crippen LogP contribution in [0.3, 0.4) is 0 Å². The molecule has 0 saturated carbocycles. The van der Waals surface area contributed by atoms with Gasteiger partial charge in [-0.25, -0.2) is 4.39 Å². The molecule has 0 radical (unpaired) electrons. The monoisotopic (exact) mass is 512 g/mol. The second-order valence-electron chi connectivity index (χ2n) is 7.76. The topological polar surface area (TPSA) is 113 Å². The summed E-state index contributed by atoms with van der Waals surface area (Å²) in [6.45, 7) is 0.227. The predicted molar refractivity (Wildman–Crippen MR) is 133 cm³/mol. The number of carbonyl (C=O) groups is 3. The lowest BCUT2D eigenvalue weighted by Gasteiger charge is -2.09. The highest BCUT2D eigenvalue weighted by atomic mass is 35.5. The third-order valence-corrected chi connectivity index (χ3v) is 6.07. The van der Waals surface area contributed by atoms with Gasteiger partial charge in [0.1, 0.15) is 5.82 Å². The summed E-state index contributed by atoms with van der Waals surface area (Å²) in [7, 11) is 0. The first-order chi connectivity index (χ1) is 16.7. The average Bonchev–Trinajstić information content (AvgIpc) is 3.13. The third-order valence-electron chi connectivity index (χ3n) is 5.34. The molecule has 10 heteroatoms. The number of nitrogens with two attached hydrogens (primary N) is 1. The van der Waals surface area contributed by atoms with Crippen LogP contribution in [0.25, 0.3) is 0 Å². The number of nitrogens with one attached hydrogen (secondary N) is 3. The number of hydrogen-bond acceptors (Lipinski definition) is 4. The maximum atomic E-state index is 13.2. The van der Waals surface area contributed by atoms with Crippen LogP contribution in [0.5, 0.6) is 0 Å². The van der Waals surface area contributed by atoms with Crippen molar-refractivity contribution in [3.8, 4) is 0 Å². The summed E-state index contributed by atoms with van der Waals surface area (Å²) in [5, 5.41) is 8.73. The van der Waals surface area contributed by atoms with Crippen molar-refractivity contribution in [3.05, 3.63) is 105 Å². The van der Waals surface area contributed by atoms with E-state index in [2.05, 4.69) is 16.0 Å². The molecule has 1 atom stereocenters. The van der Waals surface area contributed by atoms with E-state index in [1.807, 2.05) is 0 Å². The lowest BCUT2D eigenvalue weighted by molar-refractivity contribution is -0.116. The molecular formula is C25H19Cl2FN4O3. The van der Waals surface area contributed by atoms with Gasteiger partial charge in [-0.05, 0) is 53.6 Å². The first kappa shape index (κ1) is 24.3. The normalized spacial score (nSPS) is 14.5. The number of nitrogen functional groups attached to an aromatic ring is 1. The van der Waals surface area contributed by atoms with Gasteiger partial charge in [-0.2, -0.15) is 0 Å². The van der Waals surface area contributed by atoms with E-state index in [4.69, 9.17) is 28.9 Å². The van der Waals surface area contributed by atoms with E-state index in [-0.39, 0.29) is 29.1 Å². The number of amides is 3. The second kappa shape index (κ2) is 10.2. The molecule has 178 valence electrons. The van der Waals surface area contributed by atoms with Gasteiger partial charge in [0.25, 0.3) is 11.8 Å². The molecule has 5 N–H and O–H groups in total. The Balaban J connectivity index is 1.32. The number of anilines is 2. The van der Waals surface area contributed by atoms with E-state index < -0.39 is 17.8 Å². The first-order valence-corrected chi connectivity index (χ1v) is 11.2. The number of benzene rings is 3. The molecule has 1 unspecified atom stereocenters. The van der Waals surface area contributed by atoms with Gasteiger partial charge in [-0.1, -0.05) is 41.4 Å². The molecular weight excluding hydrogens is 494 g/mol. The minimum absolute atomic E-state index is 0.123. The van der Waals surface area contributed by atoms with Crippen LogP contribution < -0.4 is 21.7 Å². The SMILES string of the molecule is Nc1cc(F)ccc1NC(=O)c1ccc(CNC(=O)C=CC2NC(=O)c3cc(Cl)c(Cl)cc32)cc1. The second-order valence-corrected chi connectivity index (χ2v) is 8.58. The zero-order valence-corrected chi connectivity index (χ0v) is 19.6. The molecule has 3 aromatic carbocycles. The highest BCUT2D eigenvalue weighted by molar-refractivity contribution is 6.42. The summed E-state index contributed by atoms with van der Waals surface area (Å²) in [4.78, 5) is 36.8. The van der Waals surface area contributed by atoms with Gasteiger partial charge in [0, 0.05) is 23.7 Å².